The van der Waals surface area contributed by atoms with Crippen molar-refractivity contribution in [2.45, 2.75) is 38.8 Å². The van der Waals surface area contributed by atoms with Gasteiger partial charge in [0.05, 0.1) is 11.3 Å². The second-order valence-electron chi connectivity index (χ2n) is 8.45. The smallest absolute Gasteiger partial charge is 0.256 e. The second-order valence-corrected chi connectivity index (χ2v) is 8.45. The summed E-state index contributed by atoms with van der Waals surface area (Å²) in [5, 5.41) is 6.83. The van der Waals surface area contributed by atoms with Crippen molar-refractivity contribution >= 4 is 40.0 Å². The molecule has 7 nitrogen and oxygen atoms in total. The molecule has 31 heavy (non-hydrogen) atoms. The zero-order chi connectivity index (χ0) is 21.7. The van der Waals surface area contributed by atoms with Crippen LogP contribution in [0.5, 0.6) is 0 Å². The number of rotatable bonds is 3. The molecule has 0 aliphatic carbocycles. The molecule has 2 aromatic carbocycles. The lowest BCUT2D eigenvalue weighted by Crippen LogP contribution is -2.40. The van der Waals surface area contributed by atoms with E-state index in [9.17, 15) is 14.4 Å². The van der Waals surface area contributed by atoms with Gasteiger partial charge in [-0.3, -0.25) is 14.4 Å². The highest BCUT2D eigenvalue weighted by Gasteiger charge is 2.38. The molecular weight excluding hydrogens is 392 g/mol. The van der Waals surface area contributed by atoms with Crippen molar-refractivity contribution in [1.82, 2.24) is 9.47 Å². The van der Waals surface area contributed by atoms with Gasteiger partial charge >= 0.3 is 0 Å². The topological polar surface area (TPSA) is 83.4 Å². The fourth-order valence-corrected chi connectivity index (χ4v) is 4.50. The number of hydrogen-bond donors (Lipinski definition) is 2. The van der Waals surface area contributed by atoms with E-state index in [2.05, 4.69) is 29.0 Å². The Hall–Kier alpha value is -3.61. The van der Waals surface area contributed by atoms with Crippen molar-refractivity contribution in [3.8, 4) is 0 Å². The molecule has 5 rings (SSSR count). The van der Waals surface area contributed by atoms with Crippen LogP contribution < -0.4 is 10.6 Å². The van der Waals surface area contributed by atoms with Crippen molar-refractivity contribution in [2.75, 3.05) is 17.2 Å². The van der Waals surface area contributed by atoms with Crippen LogP contribution in [0, 0.1) is 0 Å². The normalized spacial score (nSPS) is 18.0. The average Bonchev–Trinajstić information content (AvgIpc) is 3.39. The summed E-state index contributed by atoms with van der Waals surface area (Å²) >= 11 is 0. The van der Waals surface area contributed by atoms with E-state index in [4.69, 9.17) is 0 Å². The minimum absolute atomic E-state index is 0.150. The van der Waals surface area contributed by atoms with E-state index in [-0.39, 0.29) is 23.8 Å². The maximum absolute atomic E-state index is 13.0. The van der Waals surface area contributed by atoms with E-state index in [0.717, 1.165) is 17.3 Å². The summed E-state index contributed by atoms with van der Waals surface area (Å²) in [6.07, 6.45) is 3.51. The number of fused-ring (bicyclic) bond motifs is 3. The molecule has 1 saturated heterocycles. The lowest BCUT2D eigenvalue weighted by molar-refractivity contribution is -0.119. The van der Waals surface area contributed by atoms with Gasteiger partial charge in [-0.05, 0) is 68.5 Å². The molecule has 3 aromatic rings. The molecule has 2 aliphatic rings. The summed E-state index contributed by atoms with van der Waals surface area (Å²) in [5.74, 6) is -0.575. The van der Waals surface area contributed by atoms with Crippen LogP contribution in [0.3, 0.4) is 0 Å². The molecule has 1 aromatic heterocycles. The molecule has 0 bridgehead atoms. The maximum atomic E-state index is 13.0. The van der Waals surface area contributed by atoms with Gasteiger partial charge in [-0.2, -0.15) is 0 Å². The summed E-state index contributed by atoms with van der Waals surface area (Å²) < 4.78 is 2.13. The lowest BCUT2D eigenvalue weighted by Gasteiger charge is -2.20. The van der Waals surface area contributed by atoms with Crippen LogP contribution in [0.2, 0.25) is 0 Å². The number of carbonyl (C=O) groups is 3. The van der Waals surface area contributed by atoms with Crippen molar-refractivity contribution in [1.29, 1.82) is 0 Å². The summed E-state index contributed by atoms with van der Waals surface area (Å²) in [5.41, 5.74) is 2.95. The van der Waals surface area contributed by atoms with E-state index in [1.54, 1.807) is 29.2 Å². The number of amides is 3. The summed E-state index contributed by atoms with van der Waals surface area (Å²) in [4.78, 5) is 40.0. The number of nitrogens with zero attached hydrogens (tertiary/aromatic N) is 2. The van der Waals surface area contributed by atoms with Crippen molar-refractivity contribution in [3.63, 3.8) is 0 Å². The predicted octanol–water partition coefficient (Wildman–Crippen LogP) is 4.03. The Morgan fingerprint density at radius 2 is 1.97 bits per heavy atom. The van der Waals surface area contributed by atoms with Crippen LogP contribution in [-0.2, 0) is 4.79 Å². The fourth-order valence-electron chi connectivity index (χ4n) is 4.50. The van der Waals surface area contributed by atoms with Crippen LogP contribution in [0.25, 0.3) is 10.9 Å². The highest BCUT2D eigenvalue weighted by atomic mass is 16.2. The highest BCUT2D eigenvalue weighted by Crippen LogP contribution is 2.31. The molecule has 158 valence electrons. The summed E-state index contributed by atoms with van der Waals surface area (Å²) in [7, 11) is 0. The fraction of sp³-hybridized carbons (Fsp3) is 0.292. The molecule has 2 N–H and O–H groups in total. The Morgan fingerprint density at radius 3 is 2.77 bits per heavy atom. The number of aromatic nitrogens is 1. The van der Waals surface area contributed by atoms with E-state index in [0.29, 0.717) is 35.5 Å². The second kappa shape index (κ2) is 7.27. The molecule has 0 unspecified atom stereocenters. The number of nitrogens with one attached hydrogen (secondary N) is 2. The van der Waals surface area contributed by atoms with Crippen molar-refractivity contribution in [3.05, 3.63) is 59.8 Å². The SMILES string of the molecule is CC(C)n1ccc2ccc(C(=O)Nc3ccc4c(c3)C(=O)N3CCC[C@H]3C(=O)N4)cc21. The van der Waals surface area contributed by atoms with E-state index >= 15 is 0 Å². The average molecular weight is 416 g/mol. The molecule has 3 heterocycles. The number of hydrogen-bond acceptors (Lipinski definition) is 3. The first-order valence-electron chi connectivity index (χ1n) is 10.6. The monoisotopic (exact) mass is 416 g/mol. The Kier molecular flexibility index (Phi) is 4.54. The zero-order valence-corrected chi connectivity index (χ0v) is 17.5. The van der Waals surface area contributed by atoms with Gasteiger partial charge in [0.15, 0.2) is 0 Å². The van der Waals surface area contributed by atoms with Gasteiger partial charge < -0.3 is 20.1 Å². The standard InChI is InChI=1S/C24H24N4O3/c1-14(2)27-11-9-15-5-6-16(12-21(15)27)22(29)25-17-7-8-19-18(13-17)24(31)28-10-3-4-20(28)23(30)26-19/h5-9,11-14,20H,3-4,10H2,1-2H3,(H,25,29)(H,26,30)/t20-/m0/s1. The molecule has 0 saturated carbocycles. The summed E-state index contributed by atoms with van der Waals surface area (Å²) in [6.45, 7) is 4.77. The Bertz CT molecular complexity index is 1230. The van der Waals surface area contributed by atoms with Crippen LogP contribution in [0.15, 0.2) is 48.7 Å². The van der Waals surface area contributed by atoms with Gasteiger partial charge in [-0.25, -0.2) is 0 Å². The van der Waals surface area contributed by atoms with Gasteiger partial charge in [0, 0.05) is 35.6 Å². The summed E-state index contributed by atoms with van der Waals surface area (Å²) in [6, 6.07) is 12.6. The highest BCUT2D eigenvalue weighted by molar-refractivity contribution is 6.12. The Labute approximate surface area is 180 Å². The van der Waals surface area contributed by atoms with E-state index < -0.39 is 6.04 Å². The van der Waals surface area contributed by atoms with Crippen LogP contribution in [0.4, 0.5) is 11.4 Å². The number of carbonyl (C=O) groups excluding carboxylic acids is 3. The number of benzene rings is 2. The Morgan fingerprint density at radius 1 is 1.13 bits per heavy atom. The van der Waals surface area contributed by atoms with Gasteiger partial charge in [0.1, 0.15) is 6.04 Å². The molecule has 3 amide bonds. The first-order chi connectivity index (χ1) is 14.9. The molecule has 0 radical (unpaired) electrons. The zero-order valence-electron chi connectivity index (χ0n) is 17.5. The molecule has 7 heteroatoms. The minimum atomic E-state index is -0.415. The van der Waals surface area contributed by atoms with Gasteiger partial charge in [0.2, 0.25) is 5.91 Å². The maximum Gasteiger partial charge on any atom is 0.256 e. The molecule has 2 aliphatic heterocycles. The molecule has 1 fully saturated rings. The first kappa shape index (κ1) is 19.4. The predicted molar refractivity (Wildman–Crippen MR) is 119 cm³/mol. The van der Waals surface area contributed by atoms with Crippen LogP contribution in [-0.4, -0.2) is 39.8 Å². The molecule has 1 atom stereocenters. The molecule has 0 spiro atoms. The quantitative estimate of drug-likeness (QED) is 0.676. The third-order valence-electron chi connectivity index (χ3n) is 6.12. The van der Waals surface area contributed by atoms with Gasteiger partial charge in [0.25, 0.3) is 11.8 Å². The van der Waals surface area contributed by atoms with Crippen molar-refractivity contribution in [2.24, 2.45) is 0 Å². The minimum Gasteiger partial charge on any atom is -0.345 e. The third kappa shape index (κ3) is 3.26. The van der Waals surface area contributed by atoms with Gasteiger partial charge in [-0.1, -0.05) is 6.07 Å². The number of anilines is 2. The lowest BCUT2D eigenvalue weighted by atomic mass is 10.1. The molecular formula is C24H24N4O3. The largest absolute Gasteiger partial charge is 0.345 e. The third-order valence-corrected chi connectivity index (χ3v) is 6.12. The Balaban J connectivity index is 1.43. The van der Waals surface area contributed by atoms with Crippen LogP contribution in [0.1, 0.15) is 53.4 Å². The first-order valence-corrected chi connectivity index (χ1v) is 10.6. The van der Waals surface area contributed by atoms with Crippen LogP contribution >= 0.6 is 0 Å². The van der Waals surface area contributed by atoms with E-state index in [1.165, 1.54) is 0 Å². The van der Waals surface area contributed by atoms with Crippen molar-refractivity contribution < 1.29 is 14.4 Å². The van der Waals surface area contributed by atoms with E-state index in [1.807, 2.05) is 24.4 Å². The van der Waals surface area contributed by atoms with Gasteiger partial charge in [-0.15, -0.1) is 0 Å².